The number of carbonyl (C=O) groups excluding carboxylic acids is 1. The van der Waals surface area contributed by atoms with Crippen molar-refractivity contribution in [2.24, 2.45) is 29.1 Å². The number of halogens is 1. The van der Waals surface area contributed by atoms with Gasteiger partial charge in [-0.2, -0.15) is 4.31 Å². The molecule has 1 aromatic rings. The van der Waals surface area contributed by atoms with Crippen molar-refractivity contribution in [3.63, 3.8) is 0 Å². The minimum absolute atomic E-state index is 0.122. The van der Waals surface area contributed by atoms with Crippen LogP contribution >= 0.6 is 0 Å². The fourth-order valence-corrected chi connectivity index (χ4v) is 8.28. The average molecular weight is 421 g/mol. The normalized spacial score (nSPS) is 36.4. The van der Waals surface area contributed by atoms with Crippen LogP contribution in [0.3, 0.4) is 0 Å². The Bertz CT molecular complexity index is 864. The van der Waals surface area contributed by atoms with Gasteiger partial charge < -0.3 is 5.32 Å². The van der Waals surface area contributed by atoms with Gasteiger partial charge in [-0.05, 0) is 92.9 Å². The Hall–Kier alpha value is -1.47. The first-order chi connectivity index (χ1) is 13.8. The lowest BCUT2D eigenvalue weighted by molar-refractivity contribution is -0.146. The monoisotopic (exact) mass is 420 g/mol. The Morgan fingerprint density at radius 2 is 1.66 bits per heavy atom. The molecule has 1 amide bonds. The van der Waals surface area contributed by atoms with Crippen molar-refractivity contribution in [3.05, 3.63) is 30.1 Å². The molecule has 4 aliphatic carbocycles. The SMILES string of the molecule is O=C(NCC1CCN(S(=O)(=O)c2ccc(F)cc2)C1)C12CC3CC(CC(C3)C1)C2. The maximum absolute atomic E-state index is 13.1. The standard InChI is InChI=1S/C22H29FN2O3S/c23-19-1-3-20(4-2-19)29(27,28)25-6-5-15(14-25)13-24-21(26)22-10-16-7-17(11-22)9-18(8-16)12-22/h1-4,15-18H,5-14H2,(H,24,26). The Labute approximate surface area is 172 Å². The number of carbonyl (C=O) groups is 1. The van der Waals surface area contributed by atoms with E-state index in [1.165, 1.54) is 47.8 Å². The summed E-state index contributed by atoms with van der Waals surface area (Å²) in [6, 6.07) is 4.97. The molecule has 5 fully saturated rings. The van der Waals surface area contributed by atoms with Crippen molar-refractivity contribution in [2.75, 3.05) is 19.6 Å². The highest BCUT2D eigenvalue weighted by molar-refractivity contribution is 7.89. The van der Waals surface area contributed by atoms with Crippen molar-refractivity contribution in [2.45, 2.75) is 49.8 Å². The first-order valence-corrected chi connectivity index (χ1v) is 12.3. The molecule has 158 valence electrons. The summed E-state index contributed by atoms with van der Waals surface area (Å²) < 4.78 is 40.1. The van der Waals surface area contributed by atoms with E-state index in [1.54, 1.807) is 0 Å². The van der Waals surface area contributed by atoms with Crippen LogP contribution in [-0.4, -0.2) is 38.3 Å². The van der Waals surface area contributed by atoms with E-state index in [0.29, 0.717) is 19.6 Å². The van der Waals surface area contributed by atoms with Gasteiger partial charge in [-0.25, -0.2) is 12.8 Å². The van der Waals surface area contributed by atoms with Crippen LogP contribution in [0.5, 0.6) is 0 Å². The highest BCUT2D eigenvalue weighted by Crippen LogP contribution is 2.60. The molecule has 1 N–H and O–H groups in total. The van der Waals surface area contributed by atoms with Gasteiger partial charge in [-0.3, -0.25) is 4.79 Å². The van der Waals surface area contributed by atoms with Gasteiger partial charge in [0.1, 0.15) is 5.82 Å². The lowest BCUT2D eigenvalue weighted by atomic mass is 9.49. The van der Waals surface area contributed by atoms with Crippen LogP contribution in [-0.2, 0) is 14.8 Å². The Morgan fingerprint density at radius 1 is 1.07 bits per heavy atom. The van der Waals surface area contributed by atoms with Crippen LogP contribution in [0.15, 0.2) is 29.2 Å². The van der Waals surface area contributed by atoms with E-state index < -0.39 is 15.8 Å². The molecule has 4 saturated carbocycles. The van der Waals surface area contributed by atoms with Gasteiger partial charge >= 0.3 is 0 Å². The highest BCUT2D eigenvalue weighted by Gasteiger charge is 2.54. The third-order valence-corrected chi connectivity index (χ3v) is 9.65. The lowest BCUT2D eigenvalue weighted by Crippen LogP contribution is -2.54. The molecule has 0 radical (unpaired) electrons. The first kappa shape index (κ1) is 19.5. The molecule has 0 aromatic heterocycles. The van der Waals surface area contributed by atoms with Gasteiger partial charge in [0.15, 0.2) is 0 Å². The fraction of sp³-hybridized carbons (Fsp3) is 0.682. The predicted octanol–water partition coefficient (Wildman–Crippen LogP) is 3.17. The summed E-state index contributed by atoms with van der Waals surface area (Å²) in [4.78, 5) is 13.2. The molecular formula is C22H29FN2O3S. The van der Waals surface area contributed by atoms with E-state index in [0.717, 1.165) is 43.4 Å². The molecule has 4 bridgehead atoms. The zero-order valence-electron chi connectivity index (χ0n) is 16.6. The number of nitrogens with zero attached hydrogens (tertiary/aromatic N) is 1. The summed E-state index contributed by atoms with van der Waals surface area (Å²) in [5, 5.41) is 3.19. The van der Waals surface area contributed by atoms with E-state index in [2.05, 4.69) is 5.32 Å². The fourth-order valence-electron chi connectivity index (χ4n) is 6.75. The molecule has 1 aliphatic heterocycles. The summed E-state index contributed by atoms with van der Waals surface area (Å²) in [5.41, 5.74) is -0.159. The first-order valence-electron chi connectivity index (χ1n) is 10.9. The number of nitrogens with one attached hydrogen (secondary N) is 1. The molecule has 5 aliphatic rings. The van der Waals surface area contributed by atoms with Crippen molar-refractivity contribution in [1.82, 2.24) is 9.62 Å². The van der Waals surface area contributed by atoms with Crippen molar-refractivity contribution in [3.8, 4) is 0 Å². The predicted molar refractivity (Wildman–Crippen MR) is 107 cm³/mol. The molecule has 5 nitrogen and oxygen atoms in total. The number of benzene rings is 1. The molecule has 1 unspecified atom stereocenters. The van der Waals surface area contributed by atoms with Crippen LogP contribution in [0.4, 0.5) is 4.39 Å². The topological polar surface area (TPSA) is 66.5 Å². The molecule has 1 heterocycles. The van der Waals surface area contributed by atoms with Crippen LogP contribution in [0.2, 0.25) is 0 Å². The van der Waals surface area contributed by atoms with Gasteiger partial charge in [0.25, 0.3) is 0 Å². The van der Waals surface area contributed by atoms with E-state index >= 15 is 0 Å². The third kappa shape index (κ3) is 3.50. The number of hydrogen-bond donors (Lipinski definition) is 1. The summed E-state index contributed by atoms with van der Waals surface area (Å²) >= 11 is 0. The zero-order chi connectivity index (χ0) is 20.2. The van der Waals surface area contributed by atoms with E-state index in [1.807, 2.05) is 0 Å². The molecule has 1 saturated heterocycles. The lowest BCUT2D eigenvalue weighted by Gasteiger charge is -2.55. The minimum atomic E-state index is -3.61. The summed E-state index contributed by atoms with van der Waals surface area (Å²) in [5.74, 6) is 2.08. The molecule has 7 heteroatoms. The highest BCUT2D eigenvalue weighted by atomic mass is 32.2. The zero-order valence-corrected chi connectivity index (χ0v) is 17.5. The van der Waals surface area contributed by atoms with Gasteiger partial charge in [0.05, 0.1) is 4.90 Å². The number of rotatable bonds is 5. The largest absolute Gasteiger partial charge is 0.355 e. The number of sulfonamides is 1. The summed E-state index contributed by atoms with van der Waals surface area (Å²) in [6.07, 6.45) is 7.80. The molecular weight excluding hydrogens is 391 g/mol. The summed E-state index contributed by atoms with van der Waals surface area (Å²) in [7, 11) is -3.61. The van der Waals surface area contributed by atoms with Crippen molar-refractivity contribution < 1.29 is 17.6 Å². The van der Waals surface area contributed by atoms with Crippen LogP contribution in [0.25, 0.3) is 0 Å². The molecule has 29 heavy (non-hydrogen) atoms. The van der Waals surface area contributed by atoms with Gasteiger partial charge in [-0.15, -0.1) is 0 Å². The maximum atomic E-state index is 13.1. The Kier molecular flexibility index (Phi) is 4.74. The molecule has 6 rings (SSSR count). The smallest absolute Gasteiger partial charge is 0.243 e. The van der Waals surface area contributed by atoms with Crippen LogP contribution < -0.4 is 5.32 Å². The minimum Gasteiger partial charge on any atom is -0.355 e. The molecule has 0 spiro atoms. The average Bonchev–Trinajstić information content (AvgIpc) is 3.15. The van der Waals surface area contributed by atoms with Crippen LogP contribution in [0.1, 0.15) is 44.9 Å². The molecule has 1 aromatic carbocycles. The Morgan fingerprint density at radius 3 is 2.24 bits per heavy atom. The van der Waals surface area contributed by atoms with E-state index in [4.69, 9.17) is 0 Å². The van der Waals surface area contributed by atoms with Gasteiger partial charge in [0.2, 0.25) is 15.9 Å². The number of hydrogen-bond acceptors (Lipinski definition) is 3. The second kappa shape index (κ2) is 7.05. The van der Waals surface area contributed by atoms with Gasteiger partial charge in [0, 0.05) is 25.0 Å². The molecule has 1 atom stereocenters. The Balaban J connectivity index is 1.19. The van der Waals surface area contributed by atoms with E-state index in [-0.39, 0.29) is 22.1 Å². The second-order valence-electron chi connectivity index (χ2n) is 9.88. The quantitative estimate of drug-likeness (QED) is 0.796. The number of amides is 1. The van der Waals surface area contributed by atoms with E-state index in [9.17, 15) is 17.6 Å². The summed E-state index contributed by atoms with van der Waals surface area (Å²) in [6.45, 7) is 1.38. The van der Waals surface area contributed by atoms with Crippen molar-refractivity contribution in [1.29, 1.82) is 0 Å². The second-order valence-corrected chi connectivity index (χ2v) is 11.8. The van der Waals surface area contributed by atoms with Crippen LogP contribution in [0, 0.1) is 34.9 Å². The van der Waals surface area contributed by atoms with Crippen molar-refractivity contribution >= 4 is 15.9 Å². The maximum Gasteiger partial charge on any atom is 0.243 e. The van der Waals surface area contributed by atoms with Gasteiger partial charge in [-0.1, -0.05) is 0 Å². The third-order valence-electron chi connectivity index (χ3n) is 7.77.